The highest BCUT2D eigenvalue weighted by Crippen LogP contribution is 2.23. The summed E-state index contributed by atoms with van der Waals surface area (Å²) in [4.78, 5) is 11.9. The van der Waals surface area contributed by atoms with Gasteiger partial charge in [0.15, 0.2) is 0 Å². The van der Waals surface area contributed by atoms with E-state index in [-0.39, 0.29) is 0 Å². The van der Waals surface area contributed by atoms with Crippen LogP contribution in [0.5, 0.6) is 0 Å². The van der Waals surface area contributed by atoms with E-state index in [1.165, 1.54) is 0 Å². The average molecular weight is 274 g/mol. The maximum atomic E-state index is 5.94. The minimum Gasteiger partial charge on any atom is -0.472 e. The van der Waals surface area contributed by atoms with Crippen molar-refractivity contribution in [3.63, 3.8) is 0 Å². The quantitative estimate of drug-likeness (QED) is 0.791. The van der Waals surface area contributed by atoms with Gasteiger partial charge >= 0.3 is 0 Å². The molecule has 5 nitrogen and oxygen atoms in total. The molecule has 98 valence electrons. The van der Waals surface area contributed by atoms with E-state index < -0.39 is 0 Å². The van der Waals surface area contributed by atoms with Crippen LogP contribution in [0.15, 0.2) is 34.5 Å². The predicted molar refractivity (Wildman–Crippen MR) is 75.7 cm³/mol. The molecule has 0 aliphatic rings. The molecule has 0 amide bonds. The fourth-order valence-corrected chi connectivity index (χ4v) is 2.78. The summed E-state index contributed by atoms with van der Waals surface area (Å²) in [7, 11) is 2.02. The van der Waals surface area contributed by atoms with Gasteiger partial charge in [-0.05, 0) is 24.6 Å². The zero-order valence-electron chi connectivity index (χ0n) is 10.5. The molecule has 0 spiro atoms. The van der Waals surface area contributed by atoms with Gasteiger partial charge in [0.1, 0.15) is 16.5 Å². The molecular formula is C13H14N4OS. The van der Waals surface area contributed by atoms with E-state index in [0.717, 1.165) is 28.1 Å². The SMILES string of the molecule is CN(Cc1ccoc1)Cc1nc(N)c2ccsc2n1. The summed E-state index contributed by atoms with van der Waals surface area (Å²) in [6.45, 7) is 1.45. The fraction of sp³-hybridized carbons (Fsp3) is 0.231. The van der Waals surface area contributed by atoms with Gasteiger partial charge in [-0.3, -0.25) is 4.90 Å². The Morgan fingerprint density at radius 1 is 1.32 bits per heavy atom. The molecule has 3 aromatic heterocycles. The molecule has 0 aromatic carbocycles. The maximum Gasteiger partial charge on any atom is 0.146 e. The number of anilines is 1. The molecule has 0 aliphatic carbocycles. The number of hydrogen-bond acceptors (Lipinski definition) is 6. The van der Waals surface area contributed by atoms with Crippen LogP contribution in [0.2, 0.25) is 0 Å². The smallest absolute Gasteiger partial charge is 0.146 e. The van der Waals surface area contributed by atoms with Crippen LogP contribution in [-0.4, -0.2) is 21.9 Å². The Morgan fingerprint density at radius 3 is 3.00 bits per heavy atom. The van der Waals surface area contributed by atoms with E-state index >= 15 is 0 Å². The van der Waals surface area contributed by atoms with Gasteiger partial charge in [-0.15, -0.1) is 11.3 Å². The lowest BCUT2D eigenvalue weighted by atomic mass is 10.3. The number of furan rings is 1. The van der Waals surface area contributed by atoms with Crippen molar-refractivity contribution in [2.75, 3.05) is 12.8 Å². The average Bonchev–Trinajstić information content (AvgIpc) is 2.99. The lowest BCUT2D eigenvalue weighted by molar-refractivity contribution is 0.310. The molecule has 3 rings (SSSR count). The molecule has 19 heavy (non-hydrogen) atoms. The van der Waals surface area contributed by atoms with Crippen molar-refractivity contribution in [3.05, 3.63) is 41.4 Å². The van der Waals surface area contributed by atoms with E-state index in [9.17, 15) is 0 Å². The Labute approximate surface area is 114 Å². The topological polar surface area (TPSA) is 68.2 Å². The first-order chi connectivity index (χ1) is 9.22. The summed E-state index contributed by atoms with van der Waals surface area (Å²) in [5.41, 5.74) is 7.07. The molecule has 0 saturated heterocycles. The van der Waals surface area contributed by atoms with Crippen molar-refractivity contribution in [2.24, 2.45) is 0 Å². The molecule has 0 radical (unpaired) electrons. The van der Waals surface area contributed by atoms with Crippen LogP contribution >= 0.6 is 11.3 Å². The summed E-state index contributed by atoms with van der Waals surface area (Å²) in [6, 6.07) is 3.91. The number of nitrogen functional groups attached to an aromatic ring is 1. The van der Waals surface area contributed by atoms with Crippen LogP contribution in [0.4, 0.5) is 5.82 Å². The molecule has 0 saturated carbocycles. The first-order valence-corrected chi connectivity index (χ1v) is 6.79. The highest BCUT2D eigenvalue weighted by Gasteiger charge is 2.09. The fourth-order valence-electron chi connectivity index (χ4n) is 1.99. The second-order valence-electron chi connectivity index (χ2n) is 4.47. The van der Waals surface area contributed by atoms with Crippen LogP contribution in [0.1, 0.15) is 11.4 Å². The second kappa shape index (κ2) is 4.99. The first-order valence-electron chi connectivity index (χ1n) is 5.91. The third-order valence-electron chi connectivity index (χ3n) is 2.84. The Hall–Kier alpha value is -1.92. The zero-order valence-corrected chi connectivity index (χ0v) is 11.4. The third-order valence-corrected chi connectivity index (χ3v) is 3.65. The van der Waals surface area contributed by atoms with Crippen molar-refractivity contribution < 1.29 is 4.42 Å². The molecule has 0 atom stereocenters. The van der Waals surface area contributed by atoms with Gasteiger partial charge in [-0.2, -0.15) is 0 Å². The van der Waals surface area contributed by atoms with Gasteiger partial charge in [0.25, 0.3) is 0 Å². The molecular weight excluding hydrogens is 260 g/mol. The Balaban J connectivity index is 1.77. The first kappa shape index (κ1) is 12.1. The number of thiophene rings is 1. The van der Waals surface area contributed by atoms with Crippen LogP contribution in [-0.2, 0) is 13.1 Å². The molecule has 0 aliphatic heterocycles. The minimum atomic E-state index is 0.554. The van der Waals surface area contributed by atoms with Crippen molar-refractivity contribution in [1.82, 2.24) is 14.9 Å². The molecule has 3 aromatic rings. The Kier molecular flexibility index (Phi) is 3.18. The van der Waals surface area contributed by atoms with E-state index in [2.05, 4.69) is 14.9 Å². The normalized spacial score (nSPS) is 11.5. The van der Waals surface area contributed by atoms with E-state index in [1.54, 1.807) is 23.9 Å². The highest BCUT2D eigenvalue weighted by atomic mass is 32.1. The van der Waals surface area contributed by atoms with Gasteiger partial charge in [0, 0.05) is 12.1 Å². The van der Waals surface area contributed by atoms with Crippen LogP contribution < -0.4 is 5.73 Å². The van der Waals surface area contributed by atoms with Crippen molar-refractivity contribution in [3.8, 4) is 0 Å². The summed E-state index contributed by atoms with van der Waals surface area (Å²) in [6.07, 6.45) is 3.42. The standard InChI is InChI=1S/C13H14N4OS/c1-17(6-9-2-4-18-8-9)7-11-15-12(14)10-3-5-19-13(10)16-11/h2-5,8H,6-7H2,1H3,(H2,14,15,16). The number of fused-ring (bicyclic) bond motifs is 1. The molecule has 6 heteroatoms. The summed E-state index contributed by atoms with van der Waals surface area (Å²) >= 11 is 1.58. The zero-order chi connectivity index (χ0) is 13.2. The van der Waals surface area contributed by atoms with E-state index in [0.29, 0.717) is 12.4 Å². The van der Waals surface area contributed by atoms with Crippen LogP contribution in [0.3, 0.4) is 0 Å². The lowest BCUT2D eigenvalue weighted by Crippen LogP contribution is -2.18. The van der Waals surface area contributed by atoms with Gasteiger partial charge in [-0.25, -0.2) is 9.97 Å². The van der Waals surface area contributed by atoms with E-state index in [4.69, 9.17) is 10.2 Å². The molecule has 3 heterocycles. The molecule has 0 bridgehead atoms. The van der Waals surface area contributed by atoms with Crippen molar-refractivity contribution in [2.45, 2.75) is 13.1 Å². The van der Waals surface area contributed by atoms with Crippen molar-refractivity contribution >= 4 is 27.4 Å². The number of nitrogens with zero attached hydrogens (tertiary/aromatic N) is 3. The Bertz CT molecular complexity index is 677. The van der Waals surface area contributed by atoms with Gasteiger partial charge < -0.3 is 10.2 Å². The highest BCUT2D eigenvalue weighted by molar-refractivity contribution is 7.16. The number of rotatable bonds is 4. The predicted octanol–water partition coefficient (Wildman–Crippen LogP) is 2.50. The Morgan fingerprint density at radius 2 is 2.21 bits per heavy atom. The lowest BCUT2D eigenvalue weighted by Gasteiger charge is -2.14. The summed E-state index contributed by atoms with van der Waals surface area (Å²) in [5, 5.41) is 2.92. The van der Waals surface area contributed by atoms with Gasteiger partial charge in [0.2, 0.25) is 0 Å². The van der Waals surface area contributed by atoms with E-state index in [1.807, 2.05) is 24.6 Å². The minimum absolute atomic E-state index is 0.554. The molecule has 2 N–H and O–H groups in total. The molecule has 0 fully saturated rings. The summed E-state index contributed by atoms with van der Waals surface area (Å²) < 4.78 is 5.06. The summed E-state index contributed by atoms with van der Waals surface area (Å²) in [5.74, 6) is 1.30. The number of aromatic nitrogens is 2. The van der Waals surface area contributed by atoms with Gasteiger partial charge in [0.05, 0.1) is 24.5 Å². The number of hydrogen-bond donors (Lipinski definition) is 1. The van der Waals surface area contributed by atoms with Crippen LogP contribution in [0, 0.1) is 0 Å². The van der Waals surface area contributed by atoms with Crippen LogP contribution in [0.25, 0.3) is 10.2 Å². The second-order valence-corrected chi connectivity index (χ2v) is 5.36. The monoisotopic (exact) mass is 274 g/mol. The van der Waals surface area contributed by atoms with Crippen molar-refractivity contribution in [1.29, 1.82) is 0 Å². The largest absolute Gasteiger partial charge is 0.472 e. The maximum absolute atomic E-state index is 5.94. The third kappa shape index (κ3) is 2.59. The molecule has 0 unspecified atom stereocenters. The van der Waals surface area contributed by atoms with Gasteiger partial charge in [-0.1, -0.05) is 0 Å². The number of nitrogens with two attached hydrogens (primary N) is 1.